The number of nitrogens with zero attached hydrogens (tertiary/aromatic N) is 1. The van der Waals surface area contributed by atoms with Crippen LogP contribution < -0.4 is 4.74 Å². The van der Waals surface area contributed by atoms with E-state index in [4.69, 9.17) is 4.74 Å². The first-order valence-electron chi connectivity index (χ1n) is 6.69. The number of sulfonamides is 1. The fourth-order valence-electron chi connectivity index (χ4n) is 2.63. The molecule has 1 aliphatic heterocycles. The van der Waals surface area contributed by atoms with Crippen molar-refractivity contribution in [1.82, 2.24) is 4.31 Å². The van der Waals surface area contributed by atoms with E-state index in [9.17, 15) is 8.42 Å². The van der Waals surface area contributed by atoms with E-state index in [1.54, 1.807) is 11.4 Å². The third kappa shape index (κ3) is 3.09. The van der Waals surface area contributed by atoms with Crippen molar-refractivity contribution < 1.29 is 13.2 Å². The smallest absolute Gasteiger partial charge is 0.214 e. The molecule has 0 aromatic heterocycles. The van der Waals surface area contributed by atoms with Gasteiger partial charge in [-0.25, -0.2) is 12.7 Å². The number of benzene rings is 1. The highest BCUT2D eigenvalue weighted by molar-refractivity contribution is 7.89. The Bertz CT molecular complexity index is 527. The molecule has 1 saturated heterocycles. The molecule has 1 aromatic rings. The van der Waals surface area contributed by atoms with Gasteiger partial charge in [-0.3, -0.25) is 0 Å². The van der Waals surface area contributed by atoms with E-state index in [0.29, 0.717) is 19.5 Å². The first-order valence-corrected chi connectivity index (χ1v) is 8.30. The lowest BCUT2D eigenvalue weighted by Gasteiger charge is -2.17. The Hall–Kier alpha value is -1.07. The summed E-state index contributed by atoms with van der Waals surface area (Å²) in [7, 11) is -1.43. The third-order valence-electron chi connectivity index (χ3n) is 3.59. The predicted molar refractivity (Wildman–Crippen MR) is 76.0 cm³/mol. The summed E-state index contributed by atoms with van der Waals surface area (Å²) in [6.45, 7) is 3.08. The van der Waals surface area contributed by atoms with Crippen LogP contribution in [0.4, 0.5) is 0 Å². The summed E-state index contributed by atoms with van der Waals surface area (Å²) in [4.78, 5) is 0. The lowest BCUT2D eigenvalue weighted by molar-refractivity contribution is 0.405. The maximum atomic E-state index is 12.1. The van der Waals surface area contributed by atoms with Crippen molar-refractivity contribution in [3.05, 3.63) is 29.8 Å². The van der Waals surface area contributed by atoms with E-state index in [1.165, 1.54) is 0 Å². The molecule has 0 amide bonds. The van der Waals surface area contributed by atoms with Crippen LogP contribution in [0.1, 0.15) is 31.2 Å². The second-order valence-corrected chi connectivity index (χ2v) is 6.99. The van der Waals surface area contributed by atoms with Gasteiger partial charge >= 0.3 is 0 Å². The number of hydrogen-bond donors (Lipinski definition) is 0. The highest BCUT2D eigenvalue weighted by Crippen LogP contribution is 2.34. The van der Waals surface area contributed by atoms with Crippen molar-refractivity contribution in [2.45, 2.75) is 25.7 Å². The molecule has 0 bridgehead atoms. The second kappa shape index (κ2) is 5.92. The van der Waals surface area contributed by atoms with E-state index < -0.39 is 10.0 Å². The van der Waals surface area contributed by atoms with Gasteiger partial charge in [0, 0.05) is 19.0 Å². The van der Waals surface area contributed by atoms with Gasteiger partial charge < -0.3 is 4.74 Å². The van der Waals surface area contributed by atoms with Crippen LogP contribution in [0.3, 0.4) is 0 Å². The third-order valence-corrected chi connectivity index (χ3v) is 5.63. The van der Waals surface area contributed by atoms with Gasteiger partial charge in [-0.05, 0) is 24.5 Å². The van der Waals surface area contributed by atoms with Gasteiger partial charge in [-0.2, -0.15) is 0 Å². The molecular weight excluding hydrogens is 262 g/mol. The molecule has 19 heavy (non-hydrogen) atoms. The van der Waals surface area contributed by atoms with Gasteiger partial charge in [-0.15, -0.1) is 0 Å². The van der Waals surface area contributed by atoms with Gasteiger partial charge in [0.1, 0.15) is 5.75 Å². The zero-order valence-electron chi connectivity index (χ0n) is 11.5. The molecule has 0 radical (unpaired) electrons. The summed E-state index contributed by atoms with van der Waals surface area (Å²) >= 11 is 0. The Morgan fingerprint density at radius 1 is 1.37 bits per heavy atom. The molecule has 1 aliphatic rings. The van der Waals surface area contributed by atoms with Crippen molar-refractivity contribution in [2.75, 3.05) is 26.0 Å². The van der Waals surface area contributed by atoms with Crippen LogP contribution in [0.2, 0.25) is 0 Å². The van der Waals surface area contributed by atoms with Crippen molar-refractivity contribution >= 4 is 10.0 Å². The van der Waals surface area contributed by atoms with Gasteiger partial charge in [0.05, 0.1) is 12.9 Å². The van der Waals surface area contributed by atoms with E-state index >= 15 is 0 Å². The Morgan fingerprint density at radius 2 is 2.11 bits per heavy atom. The van der Waals surface area contributed by atoms with Crippen LogP contribution in [0.15, 0.2) is 24.3 Å². The fourth-order valence-corrected chi connectivity index (χ4v) is 4.19. The number of hydrogen-bond acceptors (Lipinski definition) is 3. The molecule has 2 rings (SSSR count). The SMILES string of the molecule is CCCS(=O)(=O)N1CCC(c2ccccc2OC)C1. The van der Waals surface area contributed by atoms with Crippen LogP contribution in [-0.2, 0) is 10.0 Å². The largest absolute Gasteiger partial charge is 0.496 e. The Labute approximate surface area is 115 Å². The molecule has 0 aliphatic carbocycles. The fraction of sp³-hybridized carbons (Fsp3) is 0.571. The normalized spacial score (nSPS) is 20.6. The Balaban J connectivity index is 2.14. The summed E-state index contributed by atoms with van der Waals surface area (Å²) < 4.78 is 31.1. The molecule has 1 fully saturated rings. The molecule has 1 unspecified atom stereocenters. The van der Waals surface area contributed by atoms with Crippen LogP contribution in [0.25, 0.3) is 0 Å². The number of ether oxygens (including phenoxy) is 1. The molecule has 0 spiro atoms. The number of para-hydroxylation sites is 1. The highest BCUT2D eigenvalue weighted by atomic mass is 32.2. The van der Waals surface area contributed by atoms with Crippen LogP contribution in [0, 0.1) is 0 Å². The van der Waals surface area contributed by atoms with E-state index in [2.05, 4.69) is 0 Å². The van der Waals surface area contributed by atoms with E-state index in [-0.39, 0.29) is 11.7 Å². The minimum absolute atomic E-state index is 0.239. The average Bonchev–Trinajstić information content (AvgIpc) is 2.89. The molecule has 4 nitrogen and oxygen atoms in total. The Morgan fingerprint density at radius 3 is 2.79 bits per heavy atom. The van der Waals surface area contributed by atoms with E-state index in [1.807, 2.05) is 31.2 Å². The van der Waals surface area contributed by atoms with Crippen molar-refractivity contribution in [2.24, 2.45) is 0 Å². The molecule has 0 saturated carbocycles. The number of rotatable bonds is 5. The quantitative estimate of drug-likeness (QED) is 0.832. The van der Waals surface area contributed by atoms with Gasteiger partial charge in [0.2, 0.25) is 10.0 Å². The minimum Gasteiger partial charge on any atom is -0.496 e. The second-order valence-electron chi connectivity index (χ2n) is 4.90. The summed E-state index contributed by atoms with van der Waals surface area (Å²) in [5.41, 5.74) is 1.11. The van der Waals surface area contributed by atoms with Crippen LogP contribution in [0.5, 0.6) is 5.75 Å². The van der Waals surface area contributed by atoms with Crippen molar-refractivity contribution in [3.8, 4) is 5.75 Å². The maximum absolute atomic E-state index is 12.1. The molecule has 106 valence electrons. The lowest BCUT2D eigenvalue weighted by atomic mass is 9.97. The molecule has 1 atom stereocenters. The number of methoxy groups -OCH3 is 1. The predicted octanol–water partition coefficient (Wildman–Crippen LogP) is 2.22. The Kier molecular flexibility index (Phi) is 4.47. The first kappa shape index (κ1) is 14.3. The molecule has 1 aromatic carbocycles. The first-order chi connectivity index (χ1) is 9.08. The summed E-state index contributed by atoms with van der Waals surface area (Å²) in [5.74, 6) is 1.33. The zero-order chi connectivity index (χ0) is 13.9. The van der Waals surface area contributed by atoms with E-state index in [0.717, 1.165) is 17.7 Å². The molecular formula is C14H21NO3S. The average molecular weight is 283 g/mol. The van der Waals surface area contributed by atoms with Gasteiger partial charge in [0.15, 0.2) is 0 Å². The van der Waals surface area contributed by atoms with Crippen molar-refractivity contribution in [3.63, 3.8) is 0 Å². The summed E-state index contributed by atoms with van der Waals surface area (Å²) in [5, 5.41) is 0. The molecule has 1 heterocycles. The van der Waals surface area contributed by atoms with Crippen LogP contribution in [-0.4, -0.2) is 38.7 Å². The van der Waals surface area contributed by atoms with Crippen LogP contribution >= 0.6 is 0 Å². The monoisotopic (exact) mass is 283 g/mol. The van der Waals surface area contributed by atoms with Gasteiger partial charge in [-0.1, -0.05) is 25.1 Å². The van der Waals surface area contributed by atoms with Gasteiger partial charge in [0.25, 0.3) is 0 Å². The molecule has 0 N–H and O–H groups in total. The maximum Gasteiger partial charge on any atom is 0.214 e. The highest BCUT2D eigenvalue weighted by Gasteiger charge is 2.32. The zero-order valence-corrected chi connectivity index (χ0v) is 12.3. The topological polar surface area (TPSA) is 46.6 Å². The standard InChI is InChI=1S/C14H21NO3S/c1-3-10-19(16,17)15-9-8-12(11-15)13-6-4-5-7-14(13)18-2/h4-7,12H,3,8-11H2,1-2H3. The minimum atomic E-state index is -3.08. The lowest BCUT2D eigenvalue weighted by Crippen LogP contribution is -2.30. The summed E-state index contributed by atoms with van der Waals surface area (Å²) in [6, 6.07) is 7.86. The summed E-state index contributed by atoms with van der Waals surface area (Å²) in [6.07, 6.45) is 1.53. The van der Waals surface area contributed by atoms with Crippen molar-refractivity contribution in [1.29, 1.82) is 0 Å². The molecule has 5 heteroatoms.